The molecule has 0 spiro atoms. The third-order valence-electron chi connectivity index (χ3n) is 2.48. The number of nitrogens with one attached hydrogen (secondary N) is 2. The summed E-state index contributed by atoms with van der Waals surface area (Å²) in [5.74, 6) is 0. The third kappa shape index (κ3) is 3.04. The van der Waals surface area contributed by atoms with Crippen LogP contribution in [0, 0.1) is 6.92 Å². The van der Waals surface area contributed by atoms with Crippen LogP contribution >= 0.6 is 11.3 Å². The van der Waals surface area contributed by atoms with Crippen molar-refractivity contribution in [1.82, 2.24) is 20.1 Å². The van der Waals surface area contributed by atoms with Crippen molar-refractivity contribution in [3.05, 3.63) is 38.2 Å². The molecule has 17 heavy (non-hydrogen) atoms. The Balaban J connectivity index is 1.91. The van der Waals surface area contributed by atoms with Gasteiger partial charge in [0.25, 0.3) is 0 Å². The molecule has 92 valence electrons. The minimum Gasteiger partial charge on any atom is -0.315 e. The first kappa shape index (κ1) is 12.1. The normalized spacial score (nSPS) is 10.9. The van der Waals surface area contributed by atoms with E-state index < -0.39 is 0 Å². The molecule has 0 aliphatic rings. The van der Waals surface area contributed by atoms with Gasteiger partial charge in [-0.2, -0.15) is 5.10 Å². The van der Waals surface area contributed by atoms with Crippen LogP contribution in [0.1, 0.15) is 24.0 Å². The summed E-state index contributed by atoms with van der Waals surface area (Å²) in [6.45, 7) is 6.37. The Morgan fingerprint density at radius 2 is 2.35 bits per heavy atom. The van der Waals surface area contributed by atoms with Crippen molar-refractivity contribution in [1.29, 1.82) is 0 Å². The second kappa shape index (κ2) is 5.29. The van der Waals surface area contributed by atoms with Gasteiger partial charge in [-0.3, -0.25) is 9.48 Å². The smallest absolute Gasteiger partial charge is 0.304 e. The van der Waals surface area contributed by atoms with E-state index in [1.54, 1.807) is 0 Å². The quantitative estimate of drug-likeness (QED) is 0.842. The zero-order valence-electron chi connectivity index (χ0n) is 9.99. The summed E-state index contributed by atoms with van der Waals surface area (Å²) in [6.07, 6.45) is 0. The van der Waals surface area contributed by atoms with Gasteiger partial charge in [0.15, 0.2) is 0 Å². The predicted molar refractivity (Wildman–Crippen MR) is 68.1 cm³/mol. The monoisotopic (exact) mass is 252 g/mol. The molecule has 5 nitrogen and oxygen atoms in total. The number of thiazole rings is 1. The van der Waals surface area contributed by atoms with E-state index in [-0.39, 0.29) is 4.87 Å². The van der Waals surface area contributed by atoms with Crippen molar-refractivity contribution < 1.29 is 0 Å². The molecule has 2 rings (SSSR count). The van der Waals surface area contributed by atoms with Crippen LogP contribution in [0.4, 0.5) is 0 Å². The molecule has 0 atom stereocenters. The summed E-state index contributed by atoms with van der Waals surface area (Å²) in [4.78, 5) is 13.7. The molecule has 0 aliphatic carbocycles. The molecule has 0 saturated carbocycles. The van der Waals surface area contributed by atoms with Crippen molar-refractivity contribution in [2.24, 2.45) is 0 Å². The maximum absolute atomic E-state index is 10.9. The standard InChI is InChI=1S/C11H16N4OS/c1-3-15-10(4-8(2)14-15)6-12-5-9-7-17-11(16)13-9/h4,7,12H,3,5-6H2,1-2H3,(H,13,16). The fourth-order valence-electron chi connectivity index (χ4n) is 1.74. The maximum atomic E-state index is 10.9. The van der Waals surface area contributed by atoms with Gasteiger partial charge in [0, 0.05) is 30.7 Å². The van der Waals surface area contributed by atoms with E-state index in [4.69, 9.17) is 0 Å². The Kier molecular flexibility index (Phi) is 3.75. The zero-order chi connectivity index (χ0) is 12.3. The highest BCUT2D eigenvalue weighted by molar-refractivity contribution is 7.07. The fourth-order valence-corrected chi connectivity index (χ4v) is 2.32. The van der Waals surface area contributed by atoms with Gasteiger partial charge in [-0.05, 0) is 19.9 Å². The van der Waals surface area contributed by atoms with Crippen molar-refractivity contribution in [2.45, 2.75) is 33.5 Å². The number of aromatic nitrogens is 3. The van der Waals surface area contributed by atoms with E-state index in [9.17, 15) is 4.79 Å². The van der Waals surface area contributed by atoms with Gasteiger partial charge in [0.2, 0.25) is 0 Å². The van der Waals surface area contributed by atoms with Crippen LogP contribution in [0.5, 0.6) is 0 Å². The van der Waals surface area contributed by atoms with Crippen LogP contribution in [0.2, 0.25) is 0 Å². The van der Waals surface area contributed by atoms with Crippen molar-refractivity contribution >= 4 is 11.3 Å². The minimum absolute atomic E-state index is 0.00348. The number of hydrogen-bond donors (Lipinski definition) is 2. The van der Waals surface area contributed by atoms with Crippen LogP contribution in [-0.4, -0.2) is 14.8 Å². The molecule has 2 aromatic rings. The Hall–Kier alpha value is -1.40. The summed E-state index contributed by atoms with van der Waals surface area (Å²) >= 11 is 1.19. The molecule has 0 aromatic carbocycles. The summed E-state index contributed by atoms with van der Waals surface area (Å²) in [5.41, 5.74) is 3.13. The first-order valence-corrected chi connectivity index (χ1v) is 6.47. The first-order chi connectivity index (χ1) is 8.19. The topological polar surface area (TPSA) is 62.7 Å². The average Bonchev–Trinajstić information content (AvgIpc) is 2.85. The van der Waals surface area contributed by atoms with E-state index >= 15 is 0 Å². The molecule has 0 radical (unpaired) electrons. The van der Waals surface area contributed by atoms with Crippen LogP contribution < -0.4 is 10.2 Å². The van der Waals surface area contributed by atoms with Gasteiger partial charge >= 0.3 is 4.87 Å². The van der Waals surface area contributed by atoms with E-state index in [0.717, 1.165) is 24.5 Å². The van der Waals surface area contributed by atoms with Gasteiger partial charge in [-0.1, -0.05) is 11.3 Å². The highest BCUT2D eigenvalue weighted by atomic mass is 32.1. The molecular formula is C11H16N4OS. The summed E-state index contributed by atoms with van der Waals surface area (Å²) in [6, 6.07) is 2.08. The number of aryl methyl sites for hydroxylation is 2. The van der Waals surface area contributed by atoms with Crippen LogP contribution in [0.3, 0.4) is 0 Å². The molecule has 2 aromatic heterocycles. The van der Waals surface area contributed by atoms with E-state index in [2.05, 4.69) is 28.4 Å². The Bertz CT molecular complexity index is 540. The number of H-pyrrole nitrogens is 1. The largest absolute Gasteiger partial charge is 0.315 e. The number of hydrogen-bond acceptors (Lipinski definition) is 4. The number of rotatable bonds is 5. The lowest BCUT2D eigenvalue weighted by molar-refractivity contribution is 0.577. The molecule has 2 N–H and O–H groups in total. The van der Waals surface area contributed by atoms with Gasteiger partial charge in [0.1, 0.15) is 0 Å². The van der Waals surface area contributed by atoms with Gasteiger partial charge < -0.3 is 10.3 Å². The van der Waals surface area contributed by atoms with E-state index in [0.29, 0.717) is 6.54 Å². The molecular weight excluding hydrogens is 236 g/mol. The summed E-state index contributed by atoms with van der Waals surface area (Å²) in [5, 5.41) is 9.52. The van der Waals surface area contributed by atoms with E-state index in [1.165, 1.54) is 17.0 Å². The van der Waals surface area contributed by atoms with Crippen LogP contribution in [-0.2, 0) is 19.6 Å². The van der Waals surface area contributed by atoms with Crippen molar-refractivity contribution in [3.8, 4) is 0 Å². The lowest BCUT2D eigenvalue weighted by Gasteiger charge is -2.05. The van der Waals surface area contributed by atoms with Crippen LogP contribution in [0.25, 0.3) is 0 Å². The van der Waals surface area contributed by atoms with E-state index in [1.807, 2.05) is 17.0 Å². The summed E-state index contributed by atoms with van der Waals surface area (Å²) < 4.78 is 1.98. The molecule has 0 amide bonds. The Morgan fingerprint density at radius 1 is 1.53 bits per heavy atom. The Labute approximate surface area is 103 Å². The fraction of sp³-hybridized carbons (Fsp3) is 0.455. The SMILES string of the molecule is CCn1nc(C)cc1CNCc1csc(=O)[nH]1. The summed E-state index contributed by atoms with van der Waals surface area (Å²) in [7, 11) is 0. The minimum atomic E-state index is -0.00348. The molecule has 6 heteroatoms. The molecule has 0 fully saturated rings. The lowest BCUT2D eigenvalue weighted by atomic mass is 10.3. The molecule has 0 bridgehead atoms. The van der Waals surface area contributed by atoms with Crippen LogP contribution in [0.15, 0.2) is 16.2 Å². The maximum Gasteiger partial charge on any atom is 0.304 e. The molecule has 0 unspecified atom stereocenters. The third-order valence-corrected chi connectivity index (χ3v) is 3.20. The van der Waals surface area contributed by atoms with Crippen molar-refractivity contribution in [2.75, 3.05) is 0 Å². The first-order valence-electron chi connectivity index (χ1n) is 5.59. The van der Waals surface area contributed by atoms with Crippen molar-refractivity contribution in [3.63, 3.8) is 0 Å². The molecule has 0 saturated heterocycles. The number of nitrogens with zero attached hydrogens (tertiary/aromatic N) is 2. The number of aromatic amines is 1. The second-order valence-electron chi connectivity index (χ2n) is 3.87. The highest BCUT2D eigenvalue weighted by Crippen LogP contribution is 2.04. The second-order valence-corrected chi connectivity index (χ2v) is 4.71. The van der Waals surface area contributed by atoms with Gasteiger partial charge in [0.05, 0.1) is 11.4 Å². The average molecular weight is 252 g/mol. The van der Waals surface area contributed by atoms with Gasteiger partial charge in [-0.15, -0.1) is 0 Å². The zero-order valence-corrected chi connectivity index (χ0v) is 10.8. The lowest BCUT2D eigenvalue weighted by Crippen LogP contribution is -2.16. The predicted octanol–water partition coefficient (Wildman–Crippen LogP) is 1.25. The van der Waals surface area contributed by atoms with Gasteiger partial charge in [-0.25, -0.2) is 0 Å². The Morgan fingerprint density at radius 3 is 3.00 bits per heavy atom. The molecule has 2 heterocycles. The highest BCUT2D eigenvalue weighted by Gasteiger charge is 2.03. The molecule has 0 aliphatic heterocycles.